The second kappa shape index (κ2) is 9.66. The van der Waals surface area contributed by atoms with E-state index in [2.05, 4.69) is 0 Å². The van der Waals surface area contributed by atoms with Gasteiger partial charge in [-0.05, 0) is 13.0 Å². The summed E-state index contributed by atoms with van der Waals surface area (Å²) in [4.78, 5) is 39.7. The summed E-state index contributed by atoms with van der Waals surface area (Å²) in [6, 6.07) is 3.64. The summed E-state index contributed by atoms with van der Waals surface area (Å²) < 4.78 is 17.0. The molecule has 39 heavy (non-hydrogen) atoms. The summed E-state index contributed by atoms with van der Waals surface area (Å²) >= 11 is 0. The first kappa shape index (κ1) is 27.2. The van der Waals surface area contributed by atoms with E-state index in [1.807, 2.05) is 0 Å². The highest BCUT2D eigenvalue weighted by Gasteiger charge is 2.50. The highest BCUT2D eigenvalue weighted by atomic mass is 16.7. The van der Waals surface area contributed by atoms with E-state index in [0.29, 0.717) is 0 Å². The Kier molecular flexibility index (Phi) is 6.74. The van der Waals surface area contributed by atoms with Gasteiger partial charge >= 0.3 is 0 Å². The molecule has 1 fully saturated rings. The minimum Gasteiger partial charge on any atom is -0.507 e. The molecule has 12 nitrogen and oxygen atoms in total. The molecule has 208 valence electrons. The van der Waals surface area contributed by atoms with Crippen molar-refractivity contribution >= 4 is 17.3 Å². The lowest BCUT2D eigenvalue weighted by Gasteiger charge is -2.42. The van der Waals surface area contributed by atoms with E-state index >= 15 is 0 Å². The van der Waals surface area contributed by atoms with Crippen LogP contribution in [0.2, 0.25) is 0 Å². The summed E-state index contributed by atoms with van der Waals surface area (Å²) in [5.41, 5.74) is 2.37. The normalized spacial score (nSPS) is 29.8. The van der Waals surface area contributed by atoms with Gasteiger partial charge in [-0.2, -0.15) is 0 Å². The summed E-state index contributed by atoms with van der Waals surface area (Å²) in [5, 5.41) is 53.7. The molecule has 1 aliphatic heterocycles. The molecule has 12 heteroatoms. The summed E-state index contributed by atoms with van der Waals surface area (Å²) in [7, 11) is 1.32. The van der Waals surface area contributed by atoms with E-state index in [9.17, 15) is 39.9 Å². The van der Waals surface area contributed by atoms with Crippen LogP contribution in [0.1, 0.15) is 68.8 Å². The number of ether oxygens (including phenoxy) is 3. The molecule has 1 heterocycles. The molecule has 0 aromatic heterocycles. The number of ketones is 3. The van der Waals surface area contributed by atoms with E-state index in [1.54, 1.807) is 6.92 Å². The third kappa shape index (κ3) is 4.11. The van der Waals surface area contributed by atoms with E-state index in [1.165, 1.54) is 25.3 Å². The van der Waals surface area contributed by atoms with Crippen LogP contribution in [0.3, 0.4) is 0 Å². The predicted octanol–water partition coefficient (Wildman–Crippen LogP) is 0.00130. The van der Waals surface area contributed by atoms with Crippen molar-refractivity contribution in [3.8, 4) is 17.2 Å². The summed E-state index contributed by atoms with van der Waals surface area (Å²) in [6.07, 6.45) is -5.12. The Morgan fingerprint density at radius 2 is 1.85 bits per heavy atom. The predicted molar refractivity (Wildman–Crippen MR) is 132 cm³/mol. The second-order valence-corrected chi connectivity index (χ2v) is 10.2. The van der Waals surface area contributed by atoms with Crippen LogP contribution in [0.15, 0.2) is 18.2 Å². The number of benzene rings is 2. The Balaban J connectivity index is 1.69. The number of aliphatic hydroxyl groups excluding tert-OH is 2. The number of hydrogen-bond donors (Lipinski definition) is 6. The third-order valence-electron chi connectivity index (χ3n) is 7.81. The number of carbonyl (C=O) groups is 3. The van der Waals surface area contributed by atoms with Crippen LogP contribution in [0.5, 0.6) is 17.2 Å². The van der Waals surface area contributed by atoms with E-state index < -0.39 is 95.7 Å². The second-order valence-electron chi connectivity index (χ2n) is 10.2. The lowest BCUT2D eigenvalue weighted by molar-refractivity contribution is -0.247. The molecule has 2 aromatic carbocycles. The van der Waals surface area contributed by atoms with Gasteiger partial charge in [-0.15, -0.1) is 0 Å². The lowest BCUT2D eigenvalue weighted by Crippen LogP contribution is -2.53. The van der Waals surface area contributed by atoms with E-state index in [-0.39, 0.29) is 34.4 Å². The van der Waals surface area contributed by atoms with E-state index in [4.69, 9.17) is 19.9 Å². The van der Waals surface area contributed by atoms with Gasteiger partial charge in [0.25, 0.3) is 0 Å². The summed E-state index contributed by atoms with van der Waals surface area (Å²) in [6.45, 7) is 0.560. The molecule has 6 atom stereocenters. The molecule has 0 spiro atoms. The van der Waals surface area contributed by atoms with Gasteiger partial charge in [0.15, 0.2) is 17.9 Å². The molecule has 1 saturated heterocycles. The topological polar surface area (TPSA) is 206 Å². The molecule has 2 aliphatic carbocycles. The van der Waals surface area contributed by atoms with Crippen LogP contribution < -0.4 is 10.5 Å². The van der Waals surface area contributed by atoms with Crippen LogP contribution in [0.25, 0.3) is 0 Å². The van der Waals surface area contributed by atoms with Crippen LogP contribution in [-0.2, 0) is 20.7 Å². The third-order valence-corrected chi connectivity index (χ3v) is 7.81. The maximum atomic E-state index is 13.6. The highest BCUT2D eigenvalue weighted by molar-refractivity contribution is 6.31. The quantitative estimate of drug-likeness (QED) is 0.235. The fraction of sp³-hybridized carbons (Fsp3) is 0.444. The first-order chi connectivity index (χ1) is 18.4. The maximum absolute atomic E-state index is 13.6. The number of carbonyl (C=O) groups excluding carboxylic acids is 3. The van der Waals surface area contributed by atoms with Gasteiger partial charge in [-0.1, -0.05) is 12.1 Å². The van der Waals surface area contributed by atoms with Gasteiger partial charge in [0, 0.05) is 42.0 Å². The number of rotatable bonds is 5. The zero-order valence-electron chi connectivity index (χ0n) is 21.2. The molecule has 0 bridgehead atoms. The Labute approximate surface area is 222 Å². The molecule has 2 aromatic rings. The van der Waals surface area contributed by atoms with Crippen molar-refractivity contribution in [2.24, 2.45) is 5.73 Å². The van der Waals surface area contributed by atoms with Crippen LogP contribution in [-0.4, -0.2) is 86.7 Å². The van der Waals surface area contributed by atoms with Crippen molar-refractivity contribution in [3.05, 3.63) is 51.6 Å². The molecular formula is C27H29NO11. The lowest BCUT2D eigenvalue weighted by atomic mass is 9.72. The molecule has 0 radical (unpaired) electrons. The zero-order chi connectivity index (χ0) is 28.4. The van der Waals surface area contributed by atoms with Crippen molar-refractivity contribution in [2.75, 3.05) is 13.7 Å². The van der Waals surface area contributed by atoms with Gasteiger partial charge in [-0.3, -0.25) is 14.4 Å². The van der Waals surface area contributed by atoms with Crippen molar-refractivity contribution < 1.29 is 54.1 Å². The number of methoxy groups -OCH3 is 1. The van der Waals surface area contributed by atoms with Crippen molar-refractivity contribution in [1.29, 1.82) is 0 Å². The van der Waals surface area contributed by atoms with Gasteiger partial charge in [0.2, 0.25) is 5.78 Å². The van der Waals surface area contributed by atoms with Gasteiger partial charge in [-0.25, -0.2) is 0 Å². The maximum Gasteiger partial charge on any atom is 0.202 e. The van der Waals surface area contributed by atoms with Crippen LogP contribution in [0, 0.1) is 0 Å². The number of phenols is 2. The monoisotopic (exact) mass is 543 g/mol. The Morgan fingerprint density at radius 3 is 2.49 bits per heavy atom. The van der Waals surface area contributed by atoms with E-state index in [0.717, 1.165) is 0 Å². The zero-order valence-corrected chi connectivity index (χ0v) is 21.2. The minimum atomic E-state index is -2.24. The molecule has 0 saturated carbocycles. The van der Waals surface area contributed by atoms with Crippen molar-refractivity contribution in [1.82, 2.24) is 0 Å². The average Bonchev–Trinajstić information content (AvgIpc) is 2.90. The molecule has 3 aliphatic rings. The molecular weight excluding hydrogens is 514 g/mol. The van der Waals surface area contributed by atoms with Crippen LogP contribution in [0.4, 0.5) is 0 Å². The standard InChI is InChI=1S/C27H29NO11/c1-10-22(31)13(28)6-17(38-10)39-15-8-27(36,16(30)9-29)7-12-19(15)26(35)21-20(24(12)33)23(32)11-4-3-5-14(37-2)18(11)25(21)34/h3-5,10,13,15,17,22,29,31,33,35-36H,6-9,28H2,1-2H3/t10-,13-,15+,17+,22-,27-/m1/s1. The highest BCUT2D eigenvalue weighted by Crippen LogP contribution is 2.52. The summed E-state index contributed by atoms with van der Waals surface area (Å²) in [5.74, 6) is -3.77. The number of fused-ring (bicyclic) bond motifs is 3. The first-order valence-corrected chi connectivity index (χ1v) is 12.4. The Hall–Kier alpha value is -3.39. The SMILES string of the molecule is COc1cccc2c1C(=O)c1c(O)c3c(c(O)c1C2=O)C[C@](O)(C(=O)CO)C[C@@H]3O[C@H]1C[C@@H](N)[C@H](O)[C@@H](C)O1. The van der Waals surface area contributed by atoms with Crippen molar-refractivity contribution in [3.63, 3.8) is 0 Å². The first-order valence-electron chi connectivity index (χ1n) is 12.4. The van der Waals surface area contributed by atoms with Gasteiger partial charge < -0.3 is 45.5 Å². The Morgan fingerprint density at radius 1 is 1.15 bits per heavy atom. The number of aromatic hydroxyl groups is 2. The van der Waals surface area contributed by atoms with Gasteiger partial charge in [0.05, 0.1) is 42.1 Å². The Bertz CT molecular complexity index is 1380. The number of Topliss-reactive ketones (excluding diaryl/α,β-unsaturated/α-hetero) is 1. The van der Waals surface area contributed by atoms with Gasteiger partial charge in [0.1, 0.15) is 29.5 Å². The molecule has 5 rings (SSSR count). The fourth-order valence-corrected chi connectivity index (χ4v) is 5.75. The molecule has 0 amide bonds. The van der Waals surface area contributed by atoms with Crippen molar-refractivity contribution in [2.45, 2.75) is 62.4 Å². The fourth-order valence-electron chi connectivity index (χ4n) is 5.75. The molecule has 7 N–H and O–H groups in total. The average molecular weight is 544 g/mol. The number of aliphatic hydroxyl groups is 3. The number of phenolic OH excluding ortho intramolecular Hbond substituents is 2. The number of nitrogens with two attached hydrogens (primary N) is 1. The smallest absolute Gasteiger partial charge is 0.202 e. The largest absolute Gasteiger partial charge is 0.507 e. The minimum absolute atomic E-state index is 0.0173. The number of hydrogen-bond acceptors (Lipinski definition) is 12. The van der Waals surface area contributed by atoms with Crippen LogP contribution >= 0.6 is 0 Å². The molecule has 0 unspecified atom stereocenters.